The Labute approximate surface area is 90.1 Å². The predicted octanol–water partition coefficient (Wildman–Crippen LogP) is 4.43. The lowest BCUT2D eigenvalue weighted by atomic mass is 10.1. The second kappa shape index (κ2) is 9.17. The maximum Gasteiger partial charge on any atom is 0.0534 e. The highest BCUT2D eigenvalue weighted by Crippen LogP contribution is 2.15. The van der Waals surface area contributed by atoms with E-state index in [1.165, 1.54) is 44.9 Å². The van der Waals surface area contributed by atoms with Crippen molar-refractivity contribution in [3.63, 3.8) is 0 Å². The molecule has 0 aromatic rings. The van der Waals surface area contributed by atoms with Crippen molar-refractivity contribution >= 4 is 35.2 Å². The minimum atomic E-state index is 0.568. The summed E-state index contributed by atoms with van der Waals surface area (Å²) in [5, 5.41) is 0. The van der Waals surface area contributed by atoms with Crippen molar-refractivity contribution in [3.05, 3.63) is 0 Å². The molecule has 0 saturated carbocycles. The van der Waals surface area contributed by atoms with Crippen molar-refractivity contribution in [2.45, 2.75) is 55.1 Å². The van der Waals surface area contributed by atoms with Gasteiger partial charge in [0, 0.05) is 0 Å². The summed E-state index contributed by atoms with van der Waals surface area (Å²) in [6, 6.07) is 0. The molecule has 0 aromatic heterocycles. The third kappa shape index (κ3) is 11.1. The maximum atomic E-state index is 4.33. The van der Waals surface area contributed by atoms with Crippen molar-refractivity contribution in [2.75, 3.05) is 0 Å². The number of unbranched alkanes of at least 4 members (excludes halogenated alkanes) is 5. The number of hydrogen-bond acceptors (Lipinski definition) is 1. The number of thiol groups is 1. The lowest BCUT2D eigenvalue weighted by Gasteiger charge is -2.01. The molecule has 0 nitrogen and oxygen atoms in total. The molecule has 2 heteroatoms. The summed E-state index contributed by atoms with van der Waals surface area (Å²) in [5.41, 5.74) is 0. The average molecular weight is 286 g/mol. The highest BCUT2D eigenvalue weighted by Gasteiger charge is 1.95. The first-order chi connectivity index (χ1) is 5.27. The first-order valence-electron chi connectivity index (χ1n) is 4.59. The van der Waals surface area contributed by atoms with Crippen LogP contribution in [-0.4, -0.2) is 3.26 Å². The topological polar surface area (TPSA) is 0 Å². The first kappa shape index (κ1) is 12.1. The van der Waals surface area contributed by atoms with Gasteiger partial charge in [0.2, 0.25) is 0 Å². The molecule has 1 unspecified atom stereocenters. The fourth-order valence-electron chi connectivity index (χ4n) is 1.09. The molecule has 0 heterocycles. The average Bonchev–Trinajstić information content (AvgIpc) is 1.96. The van der Waals surface area contributed by atoms with E-state index < -0.39 is 0 Å². The van der Waals surface area contributed by atoms with Crippen LogP contribution in [0.5, 0.6) is 0 Å². The molecule has 0 aromatic carbocycles. The van der Waals surface area contributed by atoms with Crippen LogP contribution >= 0.6 is 35.2 Å². The molecule has 68 valence electrons. The Balaban J connectivity index is 2.80. The number of halogens is 1. The zero-order valence-electron chi connectivity index (χ0n) is 7.35. The molecule has 1 atom stereocenters. The molecular formula is C9H19IS. The van der Waals surface area contributed by atoms with Crippen molar-refractivity contribution in [1.82, 2.24) is 0 Å². The van der Waals surface area contributed by atoms with Crippen molar-refractivity contribution < 1.29 is 0 Å². The summed E-state index contributed by atoms with van der Waals surface area (Å²) in [6.07, 6.45) is 9.65. The fraction of sp³-hybridized carbons (Fsp3) is 1.00. The van der Waals surface area contributed by atoms with Crippen LogP contribution in [0.25, 0.3) is 0 Å². The lowest BCUT2D eigenvalue weighted by Crippen LogP contribution is -1.86. The second-order valence-electron chi connectivity index (χ2n) is 2.99. The Morgan fingerprint density at radius 2 is 1.64 bits per heavy atom. The van der Waals surface area contributed by atoms with E-state index in [1.54, 1.807) is 0 Å². The van der Waals surface area contributed by atoms with E-state index in [9.17, 15) is 0 Å². The molecule has 0 spiro atoms. The first-order valence-corrected chi connectivity index (χ1v) is 6.35. The van der Waals surface area contributed by atoms with Gasteiger partial charge in [-0.05, 0) is 6.42 Å². The van der Waals surface area contributed by atoms with Crippen LogP contribution in [0.3, 0.4) is 0 Å². The number of rotatable bonds is 7. The van der Waals surface area contributed by atoms with E-state index in [0.29, 0.717) is 3.26 Å². The van der Waals surface area contributed by atoms with Crippen LogP contribution in [0.15, 0.2) is 0 Å². The minimum absolute atomic E-state index is 0.568. The van der Waals surface area contributed by atoms with Gasteiger partial charge in [-0.2, -0.15) is 12.6 Å². The number of alkyl halides is 1. The van der Waals surface area contributed by atoms with E-state index in [2.05, 4.69) is 42.1 Å². The maximum absolute atomic E-state index is 4.33. The quantitative estimate of drug-likeness (QED) is 0.304. The molecule has 0 fully saturated rings. The molecule has 0 amide bonds. The molecule has 0 aliphatic rings. The molecule has 0 N–H and O–H groups in total. The van der Waals surface area contributed by atoms with Gasteiger partial charge in [-0.1, -0.05) is 68.0 Å². The van der Waals surface area contributed by atoms with Crippen molar-refractivity contribution in [1.29, 1.82) is 0 Å². The number of hydrogen-bond donors (Lipinski definition) is 1. The Morgan fingerprint density at radius 1 is 1.09 bits per heavy atom. The van der Waals surface area contributed by atoms with E-state index in [-0.39, 0.29) is 0 Å². The smallest absolute Gasteiger partial charge is 0.0534 e. The summed E-state index contributed by atoms with van der Waals surface area (Å²) in [7, 11) is 0. The Hall–Kier alpha value is 1.08. The second-order valence-corrected chi connectivity index (χ2v) is 6.10. The van der Waals surface area contributed by atoms with E-state index in [0.717, 1.165) is 0 Å². The molecule has 0 bridgehead atoms. The third-order valence-electron chi connectivity index (χ3n) is 1.80. The minimum Gasteiger partial charge on any atom is -0.165 e. The summed E-state index contributed by atoms with van der Waals surface area (Å²) >= 11 is 6.70. The van der Waals surface area contributed by atoms with Crippen molar-refractivity contribution in [3.8, 4) is 0 Å². The van der Waals surface area contributed by atoms with Gasteiger partial charge in [0.1, 0.15) is 0 Å². The van der Waals surface area contributed by atoms with Crippen LogP contribution < -0.4 is 0 Å². The van der Waals surface area contributed by atoms with Crippen LogP contribution in [0.4, 0.5) is 0 Å². The fourth-order valence-corrected chi connectivity index (χ4v) is 1.72. The highest BCUT2D eigenvalue weighted by atomic mass is 127. The summed E-state index contributed by atoms with van der Waals surface area (Å²) in [5.74, 6) is 0. The van der Waals surface area contributed by atoms with Crippen LogP contribution in [0.1, 0.15) is 51.9 Å². The molecule has 11 heavy (non-hydrogen) atoms. The SMILES string of the molecule is CCCCCCCCC(S)I. The summed E-state index contributed by atoms with van der Waals surface area (Å²) < 4.78 is 0.568. The standard InChI is InChI=1S/C9H19IS/c1-2-3-4-5-6-7-8-9(10)11/h9,11H,2-8H2,1H3. The van der Waals surface area contributed by atoms with Crippen molar-refractivity contribution in [2.24, 2.45) is 0 Å². The molecule has 0 aliphatic heterocycles. The van der Waals surface area contributed by atoms with Gasteiger partial charge >= 0.3 is 0 Å². The van der Waals surface area contributed by atoms with Gasteiger partial charge in [0.15, 0.2) is 0 Å². The lowest BCUT2D eigenvalue weighted by molar-refractivity contribution is 0.602. The normalized spacial score (nSPS) is 13.4. The molecule has 0 saturated heterocycles. The van der Waals surface area contributed by atoms with Gasteiger partial charge in [0.25, 0.3) is 0 Å². The van der Waals surface area contributed by atoms with E-state index >= 15 is 0 Å². The zero-order chi connectivity index (χ0) is 8.53. The summed E-state index contributed by atoms with van der Waals surface area (Å²) in [4.78, 5) is 0. The van der Waals surface area contributed by atoms with Crippen LogP contribution in [0.2, 0.25) is 0 Å². The van der Waals surface area contributed by atoms with Gasteiger partial charge < -0.3 is 0 Å². The third-order valence-corrected chi connectivity index (χ3v) is 2.68. The van der Waals surface area contributed by atoms with E-state index in [4.69, 9.17) is 0 Å². The highest BCUT2D eigenvalue weighted by molar-refractivity contribution is 14.1. The molecule has 0 rings (SSSR count). The molecule has 0 radical (unpaired) electrons. The largest absolute Gasteiger partial charge is 0.165 e. The van der Waals surface area contributed by atoms with Crippen LogP contribution in [0, 0.1) is 0 Å². The van der Waals surface area contributed by atoms with Crippen LogP contribution in [-0.2, 0) is 0 Å². The van der Waals surface area contributed by atoms with Gasteiger partial charge in [-0.3, -0.25) is 0 Å². The van der Waals surface area contributed by atoms with Gasteiger partial charge in [-0.15, -0.1) is 0 Å². The Kier molecular flexibility index (Phi) is 10.1. The zero-order valence-corrected chi connectivity index (χ0v) is 10.4. The predicted molar refractivity (Wildman–Crippen MR) is 64.8 cm³/mol. The van der Waals surface area contributed by atoms with Gasteiger partial charge in [-0.25, -0.2) is 0 Å². The molecular weight excluding hydrogens is 267 g/mol. The molecule has 0 aliphatic carbocycles. The van der Waals surface area contributed by atoms with Gasteiger partial charge in [0.05, 0.1) is 3.26 Å². The van der Waals surface area contributed by atoms with E-state index in [1.807, 2.05) is 0 Å². The summed E-state index contributed by atoms with van der Waals surface area (Å²) in [6.45, 7) is 2.26. The monoisotopic (exact) mass is 286 g/mol. The Morgan fingerprint density at radius 3 is 2.18 bits per heavy atom. The Bertz CT molecular complexity index is 74.0.